The molecular formula is C20H24N2O. The first kappa shape index (κ1) is 13.8. The Labute approximate surface area is 137 Å². The molecule has 1 unspecified atom stereocenters. The number of aliphatic hydroxyl groups is 1. The first-order valence-electron chi connectivity index (χ1n) is 9.00. The van der Waals surface area contributed by atoms with E-state index in [1.165, 1.54) is 37.7 Å². The van der Waals surface area contributed by atoms with Crippen LogP contribution in [-0.2, 0) is 0 Å². The molecule has 3 heteroatoms. The Morgan fingerprint density at radius 1 is 1.00 bits per heavy atom. The van der Waals surface area contributed by atoms with Gasteiger partial charge in [-0.05, 0) is 61.3 Å². The summed E-state index contributed by atoms with van der Waals surface area (Å²) in [6, 6.07) is 10.5. The summed E-state index contributed by atoms with van der Waals surface area (Å²) in [4.78, 5) is 4.26. The van der Waals surface area contributed by atoms with Gasteiger partial charge in [0.2, 0.25) is 0 Å². The molecule has 1 heterocycles. The van der Waals surface area contributed by atoms with Crippen LogP contribution in [0.5, 0.6) is 0 Å². The molecule has 1 aromatic heterocycles. The molecule has 1 N–H and O–H groups in total. The van der Waals surface area contributed by atoms with E-state index < -0.39 is 5.60 Å². The standard InChI is InChI=1S/C20H24N2O/c23-20(17-9-14-8-15(11-17)12-18(20)10-14)19(22-7-6-21-13-22)16-4-2-1-3-5-16/h1-7,13-15,17-19,23H,8-12H2. The fraction of sp³-hybridized carbons (Fsp3) is 0.550. The van der Waals surface area contributed by atoms with Crippen molar-refractivity contribution in [2.24, 2.45) is 23.7 Å². The second-order valence-electron chi connectivity index (χ2n) is 8.01. The van der Waals surface area contributed by atoms with Gasteiger partial charge < -0.3 is 9.67 Å². The topological polar surface area (TPSA) is 38.0 Å². The number of benzene rings is 1. The summed E-state index contributed by atoms with van der Waals surface area (Å²) in [5.41, 5.74) is 0.579. The van der Waals surface area contributed by atoms with Crippen LogP contribution in [0, 0.1) is 23.7 Å². The van der Waals surface area contributed by atoms with Gasteiger partial charge in [-0.3, -0.25) is 0 Å². The SMILES string of the molecule is OC1(C(c2ccccc2)n2ccnc2)C2CC3CC(C2)CC1C3. The van der Waals surface area contributed by atoms with Crippen molar-refractivity contribution in [2.45, 2.75) is 43.7 Å². The predicted octanol–water partition coefficient (Wildman–Crippen LogP) is 3.66. The molecule has 1 atom stereocenters. The Hall–Kier alpha value is -1.61. The van der Waals surface area contributed by atoms with Crippen molar-refractivity contribution in [2.75, 3.05) is 0 Å². The summed E-state index contributed by atoms with van der Waals surface area (Å²) in [6.07, 6.45) is 12.0. The van der Waals surface area contributed by atoms with E-state index in [9.17, 15) is 5.11 Å². The van der Waals surface area contributed by atoms with E-state index in [0.717, 1.165) is 11.8 Å². The van der Waals surface area contributed by atoms with Crippen LogP contribution in [0.4, 0.5) is 0 Å². The van der Waals surface area contributed by atoms with E-state index in [1.54, 1.807) is 0 Å². The summed E-state index contributed by atoms with van der Waals surface area (Å²) in [5.74, 6) is 2.59. The molecule has 1 aromatic carbocycles. The maximum Gasteiger partial charge on any atom is 0.0952 e. The Morgan fingerprint density at radius 2 is 1.65 bits per heavy atom. The average molecular weight is 308 g/mol. The highest BCUT2D eigenvalue weighted by molar-refractivity contribution is 5.27. The molecule has 6 rings (SSSR count). The van der Waals surface area contributed by atoms with Gasteiger partial charge in [0.25, 0.3) is 0 Å². The van der Waals surface area contributed by atoms with Crippen LogP contribution in [0.2, 0.25) is 0 Å². The second kappa shape index (κ2) is 4.94. The lowest BCUT2D eigenvalue weighted by Gasteiger charge is -2.61. The van der Waals surface area contributed by atoms with E-state index in [-0.39, 0.29) is 6.04 Å². The van der Waals surface area contributed by atoms with Crippen molar-refractivity contribution in [1.82, 2.24) is 9.55 Å². The summed E-state index contributed by atoms with van der Waals surface area (Å²) < 4.78 is 2.14. The molecule has 4 saturated carbocycles. The quantitative estimate of drug-likeness (QED) is 0.939. The van der Waals surface area contributed by atoms with Crippen molar-refractivity contribution in [1.29, 1.82) is 0 Å². The number of hydrogen-bond acceptors (Lipinski definition) is 2. The Kier molecular flexibility index (Phi) is 2.96. The molecule has 4 aliphatic carbocycles. The molecule has 2 aromatic rings. The van der Waals surface area contributed by atoms with E-state index in [1.807, 2.05) is 18.7 Å². The number of nitrogens with zero attached hydrogens (tertiary/aromatic N) is 2. The Bertz CT molecular complexity index is 651. The number of aromatic nitrogens is 2. The molecule has 4 bridgehead atoms. The van der Waals surface area contributed by atoms with Crippen LogP contribution in [0.1, 0.15) is 43.7 Å². The fourth-order valence-corrected chi connectivity index (χ4v) is 6.12. The zero-order chi connectivity index (χ0) is 15.4. The minimum Gasteiger partial charge on any atom is -0.387 e. The summed E-state index contributed by atoms with van der Waals surface area (Å²) in [7, 11) is 0. The molecule has 4 aliphatic rings. The van der Waals surface area contributed by atoms with Gasteiger partial charge >= 0.3 is 0 Å². The van der Waals surface area contributed by atoms with Gasteiger partial charge in [-0.15, -0.1) is 0 Å². The maximum absolute atomic E-state index is 12.0. The van der Waals surface area contributed by atoms with Crippen molar-refractivity contribution < 1.29 is 5.11 Å². The first-order valence-corrected chi connectivity index (χ1v) is 9.00. The maximum atomic E-state index is 12.0. The van der Waals surface area contributed by atoms with Gasteiger partial charge in [0.15, 0.2) is 0 Å². The largest absolute Gasteiger partial charge is 0.387 e. The number of imidazole rings is 1. The number of hydrogen-bond donors (Lipinski definition) is 1. The smallest absolute Gasteiger partial charge is 0.0952 e. The molecular weight excluding hydrogens is 284 g/mol. The lowest BCUT2D eigenvalue weighted by atomic mass is 9.48. The summed E-state index contributed by atoms with van der Waals surface area (Å²) >= 11 is 0. The monoisotopic (exact) mass is 308 g/mol. The first-order chi connectivity index (χ1) is 11.2. The Morgan fingerprint density at radius 3 is 2.22 bits per heavy atom. The molecule has 0 aliphatic heterocycles. The third-order valence-electron chi connectivity index (χ3n) is 6.82. The van der Waals surface area contributed by atoms with Gasteiger partial charge in [0.05, 0.1) is 18.0 Å². The average Bonchev–Trinajstić information content (AvgIpc) is 3.07. The highest BCUT2D eigenvalue weighted by atomic mass is 16.3. The predicted molar refractivity (Wildman–Crippen MR) is 88.8 cm³/mol. The van der Waals surface area contributed by atoms with Crippen molar-refractivity contribution in [3.8, 4) is 0 Å². The normalized spacial score (nSPS) is 39.5. The zero-order valence-corrected chi connectivity index (χ0v) is 13.4. The molecule has 0 spiro atoms. The van der Waals surface area contributed by atoms with E-state index in [4.69, 9.17) is 0 Å². The van der Waals surface area contributed by atoms with Gasteiger partial charge in [-0.2, -0.15) is 0 Å². The summed E-state index contributed by atoms with van der Waals surface area (Å²) in [5, 5.41) is 12.0. The van der Waals surface area contributed by atoms with Crippen molar-refractivity contribution >= 4 is 0 Å². The van der Waals surface area contributed by atoms with Gasteiger partial charge in [0, 0.05) is 12.4 Å². The van der Waals surface area contributed by atoms with E-state index in [2.05, 4.69) is 39.9 Å². The lowest BCUT2D eigenvalue weighted by molar-refractivity contribution is -0.190. The second-order valence-corrected chi connectivity index (χ2v) is 8.01. The van der Waals surface area contributed by atoms with Crippen molar-refractivity contribution in [3.05, 3.63) is 54.6 Å². The van der Waals surface area contributed by atoms with Crippen LogP contribution < -0.4 is 0 Å². The third-order valence-corrected chi connectivity index (χ3v) is 6.82. The molecule has 0 saturated heterocycles. The van der Waals surface area contributed by atoms with Crippen LogP contribution in [0.25, 0.3) is 0 Å². The van der Waals surface area contributed by atoms with Gasteiger partial charge in [0.1, 0.15) is 0 Å². The third kappa shape index (κ3) is 1.96. The molecule has 23 heavy (non-hydrogen) atoms. The fourth-order valence-electron chi connectivity index (χ4n) is 6.12. The molecule has 4 fully saturated rings. The highest BCUT2D eigenvalue weighted by Gasteiger charge is 2.60. The van der Waals surface area contributed by atoms with Crippen LogP contribution in [0.15, 0.2) is 49.1 Å². The van der Waals surface area contributed by atoms with Crippen LogP contribution in [-0.4, -0.2) is 20.3 Å². The zero-order valence-electron chi connectivity index (χ0n) is 13.4. The Balaban J connectivity index is 1.63. The molecule has 0 radical (unpaired) electrons. The van der Waals surface area contributed by atoms with Crippen LogP contribution >= 0.6 is 0 Å². The highest BCUT2D eigenvalue weighted by Crippen LogP contribution is 2.61. The van der Waals surface area contributed by atoms with E-state index in [0.29, 0.717) is 11.8 Å². The minimum absolute atomic E-state index is 0.0128. The molecule has 120 valence electrons. The summed E-state index contributed by atoms with van der Waals surface area (Å²) in [6.45, 7) is 0. The van der Waals surface area contributed by atoms with Gasteiger partial charge in [-0.25, -0.2) is 4.98 Å². The number of rotatable bonds is 3. The minimum atomic E-state index is -0.629. The lowest BCUT2D eigenvalue weighted by Crippen LogP contribution is -2.61. The van der Waals surface area contributed by atoms with E-state index >= 15 is 0 Å². The van der Waals surface area contributed by atoms with Gasteiger partial charge in [-0.1, -0.05) is 30.3 Å². The molecule has 0 amide bonds. The van der Waals surface area contributed by atoms with Crippen LogP contribution in [0.3, 0.4) is 0 Å². The van der Waals surface area contributed by atoms with Crippen molar-refractivity contribution in [3.63, 3.8) is 0 Å². The molecule has 3 nitrogen and oxygen atoms in total.